The summed E-state index contributed by atoms with van der Waals surface area (Å²) in [6.07, 6.45) is 2.01. The van der Waals surface area contributed by atoms with E-state index < -0.39 is 0 Å². The van der Waals surface area contributed by atoms with Crippen LogP contribution in [0.15, 0.2) is 18.2 Å². The average molecular weight is 298 g/mol. The Morgan fingerprint density at radius 2 is 2.40 bits per heavy atom. The van der Waals surface area contributed by atoms with E-state index in [1.807, 2.05) is 18.2 Å². The van der Waals surface area contributed by atoms with Crippen LogP contribution in [-0.2, 0) is 15.9 Å². The van der Waals surface area contributed by atoms with Crippen molar-refractivity contribution in [2.75, 3.05) is 33.4 Å². The second kappa shape index (κ2) is 5.90. The zero-order chi connectivity index (χ0) is 14.0. The van der Waals surface area contributed by atoms with E-state index in [1.165, 1.54) is 5.56 Å². The molecule has 0 saturated carbocycles. The molecule has 1 N–H and O–H groups in total. The summed E-state index contributed by atoms with van der Waals surface area (Å²) >= 11 is 6.00. The topological polar surface area (TPSA) is 39.7 Å². The van der Waals surface area contributed by atoms with Gasteiger partial charge in [-0.05, 0) is 23.8 Å². The molecular formula is C15H20ClNO3. The second-order valence-electron chi connectivity index (χ2n) is 5.52. The minimum atomic E-state index is -0.172. The molecule has 2 aliphatic rings. The van der Waals surface area contributed by atoms with Gasteiger partial charge in [-0.1, -0.05) is 11.6 Å². The summed E-state index contributed by atoms with van der Waals surface area (Å²) in [7, 11) is 1.75. The van der Waals surface area contributed by atoms with Crippen molar-refractivity contribution in [1.82, 2.24) is 5.32 Å². The first-order valence-corrected chi connectivity index (χ1v) is 7.37. The van der Waals surface area contributed by atoms with Gasteiger partial charge in [-0.2, -0.15) is 0 Å². The molecule has 0 amide bonds. The van der Waals surface area contributed by atoms with E-state index >= 15 is 0 Å². The third-order valence-corrected chi connectivity index (χ3v) is 4.32. The molecule has 110 valence electrons. The maximum absolute atomic E-state index is 6.00. The van der Waals surface area contributed by atoms with Crippen molar-refractivity contribution >= 4 is 11.6 Å². The lowest BCUT2D eigenvalue weighted by atomic mass is 10.0. The predicted octanol–water partition coefficient (Wildman–Crippen LogP) is 2.04. The van der Waals surface area contributed by atoms with Crippen molar-refractivity contribution in [1.29, 1.82) is 0 Å². The monoisotopic (exact) mass is 297 g/mol. The Kier molecular flexibility index (Phi) is 4.17. The molecule has 20 heavy (non-hydrogen) atoms. The molecule has 0 spiro atoms. The molecule has 0 aliphatic carbocycles. The van der Waals surface area contributed by atoms with Gasteiger partial charge in [-0.15, -0.1) is 0 Å². The summed E-state index contributed by atoms with van der Waals surface area (Å²) in [5.74, 6) is 0.951. The molecule has 0 radical (unpaired) electrons. The van der Waals surface area contributed by atoms with Gasteiger partial charge in [0, 0.05) is 44.7 Å². The van der Waals surface area contributed by atoms with E-state index in [9.17, 15) is 0 Å². The summed E-state index contributed by atoms with van der Waals surface area (Å²) in [4.78, 5) is 0. The molecule has 0 aromatic heterocycles. The summed E-state index contributed by atoms with van der Waals surface area (Å²) < 4.78 is 16.9. The Morgan fingerprint density at radius 1 is 1.50 bits per heavy atom. The first-order valence-electron chi connectivity index (χ1n) is 6.99. The van der Waals surface area contributed by atoms with Crippen molar-refractivity contribution in [2.24, 2.45) is 0 Å². The van der Waals surface area contributed by atoms with Crippen LogP contribution in [0.5, 0.6) is 5.75 Å². The lowest BCUT2D eigenvalue weighted by Crippen LogP contribution is -2.45. The lowest BCUT2D eigenvalue weighted by Gasteiger charge is -2.26. The zero-order valence-corrected chi connectivity index (χ0v) is 12.4. The third kappa shape index (κ3) is 2.93. The van der Waals surface area contributed by atoms with Crippen LogP contribution in [0.4, 0.5) is 0 Å². The maximum atomic E-state index is 6.00. The van der Waals surface area contributed by atoms with Crippen LogP contribution in [0.1, 0.15) is 12.0 Å². The Balaban J connectivity index is 1.49. The van der Waals surface area contributed by atoms with Gasteiger partial charge < -0.3 is 19.5 Å². The van der Waals surface area contributed by atoms with Crippen molar-refractivity contribution in [3.63, 3.8) is 0 Å². The van der Waals surface area contributed by atoms with E-state index in [0.29, 0.717) is 6.61 Å². The predicted molar refractivity (Wildman–Crippen MR) is 77.6 cm³/mol. The quantitative estimate of drug-likeness (QED) is 0.903. The Hall–Kier alpha value is -0.810. The first-order chi connectivity index (χ1) is 9.71. The minimum absolute atomic E-state index is 0.166. The fraction of sp³-hybridized carbons (Fsp3) is 0.600. The fourth-order valence-electron chi connectivity index (χ4n) is 2.82. The SMILES string of the molecule is COC1(CNCC2Cc3cc(Cl)ccc3O2)CCOC1. The fourth-order valence-corrected chi connectivity index (χ4v) is 3.02. The highest BCUT2D eigenvalue weighted by Crippen LogP contribution is 2.31. The summed E-state index contributed by atoms with van der Waals surface area (Å²) in [5.41, 5.74) is 1.02. The first kappa shape index (κ1) is 14.1. The number of benzene rings is 1. The molecule has 0 bridgehead atoms. The number of fused-ring (bicyclic) bond motifs is 1. The van der Waals surface area contributed by atoms with Crippen LogP contribution in [0.25, 0.3) is 0 Å². The Labute approximate surface area is 124 Å². The van der Waals surface area contributed by atoms with E-state index in [1.54, 1.807) is 7.11 Å². The number of halogens is 1. The summed E-state index contributed by atoms with van der Waals surface area (Å²) in [6, 6.07) is 5.80. The Morgan fingerprint density at radius 3 is 3.15 bits per heavy atom. The number of ether oxygens (including phenoxy) is 3. The molecule has 2 heterocycles. The van der Waals surface area contributed by atoms with Gasteiger partial charge in [-0.25, -0.2) is 0 Å². The van der Waals surface area contributed by atoms with Gasteiger partial charge in [-0.3, -0.25) is 0 Å². The number of hydrogen-bond acceptors (Lipinski definition) is 4. The number of hydrogen-bond donors (Lipinski definition) is 1. The van der Waals surface area contributed by atoms with Crippen LogP contribution >= 0.6 is 11.6 Å². The number of methoxy groups -OCH3 is 1. The van der Waals surface area contributed by atoms with E-state index in [4.69, 9.17) is 25.8 Å². The molecule has 2 atom stereocenters. The third-order valence-electron chi connectivity index (χ3n) is 4.08. The van der Waals surface area contributed by atoms with E-state index in [-0.39, 0.29) is 11.7 Å². The van der Waals surface area contributed by atoms with Crippen LogP contribution in [-0.4, -0.2) is 45.1 Å². The average Bonchev–Trinajstić information content (AvgIpc) is 3.05. The van der Waals surface area contributed by atoms with E-state index in [0.717, 1.165) is 43.3 Å². The number of nitrogens with one attached hydrogen (secondary N) is 1. The molecule has 2 unspecified atom stereocenters. The molecule has 1 saturated heterocycles. The van der Waals surface area contributed by atoms with Gasteiger partial charge in [0.05, 0.1) is 6.61 Å². The molecule has 5 heteroatoms. The zero-order valence-electron chi connectivity index (χ0n) is 11.7. The van der Waals surface area contributed by atoms with Gasteiger partial charge in [0.15, 0.2) is 0 Å². The highest BCUT2D eigenvalue weighted by molar-refractivity contribution is 6.30. The summed E-state index contributed by atoms with van der Waals surface area (Å²) in [6.45, 7) is 3.04. The van der Waals surface area contributed by atoms with Gasteiger partial charge >= 0.3 is 0 Å². The molecule has 2 aliphatic heterocycles. The molecule has 3 rings (SSSR count). The maximum Gasteiger partial charge on any atom is 0.123 e. The minimum Gasteiger partial charge on any atom is -0.488 e. The highest BCUT2D eigenvalue weighted by Gasteiger charge is 2.35. The van der Waals surface area contributed by atoms with E-state index in [2.05, 4.69) is 5.32 Å². The van der Waals surface area contributed by atoms with Crippen LogP contribution in [0.3, 0.4) is 0 Å². The van der Waals surface area contributed by atoms with Crippen molar-refractivity contribution in [3.8, 4) is 5.75 Å². The van der Waals surface area contributed by atoms with Crippen LogP contribution < -0.4 is 10.1 Å². The number of rotatable bonds is 5. The van der Waals surface area contributed by atoms with Gasteiger partial charge in [0.1, 0.15) is 17.5 Å². The highest BCUT2D eigenvalue weighted by atomic mass is 35.5. The molecule has 1 fully saturated rings. The van der Waals surface area contributed by atoms with Crippen LogP contribution in [0, 0.1) is 0 Å². The molecule has 1 aromatic rings. The molecule has 4 nitrogen and oxygen atoms in total. The lowest BCUT2D eigenvalue weighted by molar-refractivity contribution is -0.0167. The second-order valence-corrected chi connectivity index (χ2v) is 5.95. The van der Waals surface area contributed by atoms with Crippen molar-refractivity contribution < 1.29 is 14.2 Å². The Bertz CT molecular complexity index is 474. The van der Waals surface area contributed by atoms with Gasteiger partial charge in [0.25, 0.3) is 0 Å². The van der Waals surface area contributed by atoms with Crippen molar-refractivity contribution in [2.45, 2.75) is 24.5 Å². The normalized spacial score (nSPS) is 28.4. The van der Waals surface area contributed by atoms with Crippen LogP contribution in [0.2, 0.25) is 5.02 Å². The smallest absolute Gasteiger partial charge is 0.123 e. The summed E-state index contributed by atoms with van der Waals surface area (Å²) in [5, 5.41) is 4.21. The standard InChI is InChI=1S/C15H20ClNO3/c1-18-15(4-5-19-10-15)9-17-8-13-7-11-6-12(16)2-3-14(11)20-13/h2-3,6,13,17H,4-5,7-10H2,1H3. The van der Waals surface area contributed by atoms with Gasteiger partial charge in [0.2, 0.25) is 0 Å². The van der Waals surface area contributed by atoms with Crippen molar-refractivity contribution in [3.05, 3.63) is 28.8 Å². The molecular weight excluding hydrogens is 278 g/mol. The largest absolute Gasteiger partial charge is 0.488 e. The molecule has 1 aromatic carbocycles.